The average Bonchev–Trinajstić information content (AvgIpc) is 2.46. The van der Waals surface area contributed by atoms with E-state index >= 15 is 0 Å². The molecule has 0 radical (unpaired) electrons. The Kier molecular flexibility index (Phi) is 5.10. The van der Waals surface area contributed by atoms with Crippen molar-refractivity contribution in [2.24, 2.45) is 5.92 Å². The van der Waals surface area contributed by atoms with Crippen LogP contribution in [0, 0.1) is 11.7 Å². The number of likely N-dealkylation sites (tertiary alicyclic amines) is 1. The summed E-state index contributed by atoms with van der Waals surface area (Å²) in [5, 5.41) is 13.1. The first-order valence-corrected chi connectivity index (χ1v) is 6.98. The lowest BCUT2D eigenvalue weighted by atomic mass is 9.99. The van der Waals surface area contributed by atoms with Gasteiger partial charge in [0.15, 0.2) is 5.11 Å². The predicted molar refractivity (Wildman–Crippen MR) is 77.2 cm³/mol. The van der Waals surface area contributed by atoms with Crippen LogP contribution in [0.15, 0.2) is 24.3 Å². The molecule has 2 N–H and O–H groups in total. The Labute approximate surface area is 118 Å². The molecular weight excluding hydrogens is 263 g/mol. The van der Waals surface area contributed by atoms with Gasteiger partial charge < -0.3 is 15.3 Å². The van der Waals surface area contributed by atoms with Gasteiger partial charge in [0.2, 0.25) is 0 Å². The number of benzene rings is 1. The minimum absolute atomic E-state index is 0.219. The molecule has 1 fully saturated rings. The molecule has 2 rings (SSSR count). The molecule has 0 aliphatic carbocycles. The first-order chi connectivity index (χ1) is 9.19. The van der Waals surface area contributed by atoms with Gasteiger partial charge in [0.25, 0.3) is 0 Å². The molecule has 1 aromatic rings. The molecule has 1 saturated heterocycles. The Balaban J connectivity index is 1.82. The van der Waals surface area contributed by atoms with E-state index in [0.29, 0.717) is 17.6 Å². The third-order valence-electron chi connectivity index (χ3n) is 3.42. The Morgan fingerprint density at radius 2 is 2.16 bits per heavy atom. The normalized spacial score (nSPS) is 19.3. The summed E-state index contributed by atoms with van der Waals surface area (Å²) in [7, 11) is 0. The summed E-state index contributed by atoms with van der Waals surface area (Å²) < 4.78 is 12.8. The highest BCUT2D eigenvalue weighted by atomic mass is 32.1. The number of rotatable bonds is 3. The van der Waals surface area contributed by atoms with Gasteiger partial charge in [-0.05, 0) is 48.7 Å². The third-order valence-corrected chi connectivity index (χ3v) is 3.82. The molecule has 104 valence electrons. The topological polar surface area (TPSA) is 35.5 Å². The minimum atomic E-state index is -0.229. The number of nitrogens with zero attached hydrogens (tertiary/aromatic N) is 1. The maximum Gasteiger partial charge on any atom is 0.169 e. The van der Waals surface area contributed by atoms with Crippen molar-refractivity contribution in [3.63, 3.8) is 0 Å². The van der Waals surface area contributed by atoms with Gasteiger partial charge in [0.1, 0.15) is 5.82 Å². The molecule has 0 aromatic heterocycles. The van der Waals surface area contributed by atoms with Crippen molar-refractivity contribution in [2.75, 3.05) is 19.7 Å². The van der Waals surface area contributed by atoms with Crippen LogP contribution in [0.3, 0.4) is 0 Å². The molecule has 1 atom stereocenters. The molecule has 0 amide bonds. The van der Waals surface area contributed by atoms with Gasteiger partial charge >= 0.3 is 0 Å². The summed E-state index contributed by atoms with van der Waals surface area (Å²) in [5.74, 6) is 0.0902. The number of halogens is 1. The largest absolute Gasteiger partial charge is 0.396 e. The van der Waals surface area contributed by atoms with Gasteiger partial charge in [-0.15, -0.1) is 0 Å². The molecule has 0 bridgehead atoms. The molecule has 5 heteroatoms. The Morgan fingerprint density at radius 3 is 2.84 bits per heavy atom. The number of piperidine rings is 1. The van der Waals surface area contributed by atoms with Gasteiger partial charge in [0.05, 0.1) is 0 Å². The zero-order chi connectivity index (χ0) is 13.7. The molecule has 1 heterocycles. The SMILES string of the molecule is OC[C@@H]1CCCN(C(=S)NCc2ccc(F)cc2)C1. The summed E-state index contributed by atoms with van der Waals surface area (Å²) in [5.41, 5.74) is 1.000. The van der Waals surface area contributed by atoms with Crippen LogP contribution in [0.25, 0.3) is 0 Å². The van der Waals surface area contributed by atoms with Crippen molar-refractivity contribution in [3.05, 3.63) is 35.6 Å². The zero-order valence-electron chi connectivity index (χ0n) is 10.8. The second-order valence-corrected chi connectivity index (χ2v) is 5.31. The number of nitrogens with one attached hydrogen (secondary N) is 1. The first kappa shape index (κ1) is 14.2. The molecule has 3 nitrogen and oxygen atoms in total. The highest BCUT2D eigenvalue weighted by molar-refractivity contribution is 7.80. The van der Waals surface area contributed by atoms with Crippen LogP contribution in [0.5, 0.6) is 0 Å². The molecule has 1 aromatic carbocycles. The van der Waals surface area contributed by atoms with Crippen LogP contribution in [0.1, 0.15) is 18.4 Å². The van der Waals surface area contributed by atoms with Crippen LogP contribution in [-0.2, 0) is 6.54 Å². The summed E-state index contributed by atoms with van der Waals surface area (Å²) in [6.07, 6.45) is 2.12. The molecular formula is C14H19FN2OS. The summed E-state index contributed by atoms with van der Waals surface area (Å²) in [4.78, 5) is 2.10. The number of hydrogen-bond donors (Lipinski definition) is 2. The van der Waals surface area contributed by atoms with Crippen LogP contribution in [0.2, 0.25) is 0 Å². The molecule has 0 spiro atoms. The van der Waals surface area contributed by atoms with Crippen molar-refractivity contribution < 1.29 is 9.50 Å². The fourth-order valence-corrected chi connectivity index (χ4v) is 2.53. The zero-order valence-corrected chi connectivity index (χ0v) is 11.6. The highest BCUT2D eigenvalue weighted by Crippen LogP contribution is 2.15. The Bertz CT molecular complexity index is 424. The third kappa shape index (κ3) is 4.14. The van der Waals surface area contributed by atoms with E-state index < -0.39 is 0 Å². The smallest absolute Gasteiger partial charge is 0.169 e. The van der Waals surface area contributed by atoms with Gasteiger partial charge in [0, 0.05) is 26.2 Å². The Hall–Kier alpha value is -1.20. The fourth-order valence-electron chi connectivity index (χ4n) is 2.29. The number of hydrogen-bond acceptors (Lipinski definition) is 2. The van der Waals surface area contributed by atoms with E-state index in [-0.39, 0.29) is 12.4 Å². The summed E-state index contributed by atoms with van der Waals surface area (Å²) >= 11 is 5.36. The lowest BCUT2D eigenvalue weighted by Gasteiger charge is -2.33. The minimum Gasteiger partial charge on any atom is -0.396 e. The van der Waals surface area contributed by atoms with Gasteiger partial charge in [-0.1, -0.05) is 12.1 Å². The number of aliphatic hydroxyl groups excluding tert-OH is 1. The highest BCUT2D eigenvalue weighted by Gasteiger charge is 2.20. The van der Waals surface area contributed by atoms with Gasteiger partial charge in [-0.25, -0.2) is 4.39 Å². The van der Waals surface area contributed by atoms with Crippen LogP contribution in [0.4, 0.5) is 4.39 Å². The van der Waals surface area contributed by atoms with Gasteiger partial charge in [-0.3, -0.25) is 0 Å². The van der Waals surface area contributed by atoms with Crippen molar-refractivity contribution >= 4 is 17.3 Å². The fraction of sp³-hybridized carbons (Fsp3) is 0.500. The van der Waals surface area contributed by atoms with Crippen molar-refractivity contribution in [1.82, 2.24) is 10.2 Å². The van der Waals surface area contributed by atoms with Crippen molar-refractivity contribution in [3.8, 4) is 0 Å². The molecule has 19 heavy (non-hydrogen) atoms. The Morgan fingerprint density at radius 1 is 1.42 bits per heavy atom. The number of aliphatic hydroxyl groups is 1. The molecule has 0 unspecified atom stereocenters. The maximum atomic E-state index is 12.8. The maximum absolute atomic E-state index is 12.8. The van der Waals surface area contributed by atoms with E-state index in [1.54, 1.807) is 12.1 Å². The van der Waals surface area contributed by atoms with Crippen LogP contribution in [-0.4, -0.2) is 34.8 Å². The first-order valence-electron chi connectivity index (χ1n) is 6.57. The van der Waals surface area contributed by atoms with E-state index in [1.807, 2.05) is 0 Å². The lowest BCUT2D eigenvalue weighted by Crippen LogP contribution is -2.45. The average molecular weight is 282 g/mol. The van der Waals surface area contributed by atoms with E-state index in [9.17, 15) is 9.50 Å². The van der Waals surface area contributed by atoms with Crippen LogP contribution < -0.4 is 5.32 Å². The molecule has 0 saturated carbocycles. The molecule has 1 aliphatic rings. The summed E-state index contributed by atoms with van der Waals surface area (Å²) in [6, 6.07) is 6.39. The van der Waals surface area contributed by atoms with E-state index in [2.05, 4.69) is 10.2 Å². The van der Waals surface area contributed by atoms with Crippen LogP contribution >= 0.6 is 12.2 Å². The van der Waals surface area contributed by atoms with E-state index in [1.165, 1.54) is 12.1 Å². The second kappa shape index (κ2) is 6.82. The second-order valence-electron chi connectivity index (χ2n) is 4.92. The monoisotopic (exact) mass is 282 g/mol. The van der Waals surface area contributed by atoms with Crippen molar-refractivity contribution in [2.45, 2.75) is 19.4 Å². The van der Waals surface area contributed by atoms with Gasteiger partial charge in [-0.2, -0.15) is 0 Å². The van der Waals surface area contributed by atoms with E-state index in [4.69, 9.17) is 12.2 Å². The lowest BCUT2D eigenvalue weighted by molar-refractivity contribution is 0.160. The molecule has 1 aliphatic heterocycles. The predicted octanol–water partition coefficient (Wildman–Crippen LogP) is 1.90. The number of thiocarbonyl (C=S) groups is 1. The van der Waals surface area contributed by atoms with E-state index in [0.717, 1.165) is 31.5 Å². The van der Waals surface area contributed by atoms with Crippen molar-refractivity contribution in [1.29, 1.82) is 0 Å². The summed E-state index contributed by atoms with van der Waals surface area (Å²) in [6.45, 7) is 2.56. The quantitative estimate of drug-likeness (QED) is 0.830. The standard InChI is InChI=1S/C14H19FN2OS/c15-13-5-3-11(4-6-13)8-16-14(19)17-7-1-2-12(9-17)10-18/h3-6,12,18H,1-2,7-10H2,(H,16,19)/t12-/m1/s1.